The molecule has 0 amide bonds. The van der Waals surface area contributed by atoms with Crippen molar-refractivity contribution in [3.05, 3.63) is 84.9 Å². The summed E-state index contributed by atoms with van der Waals surface area (Å²) in [5.41, 5.74) is 0. The van der Waals surface area contributed by atoms with E-state index >= 15 is 0 Å². The molecule has 0 bridgehead atoms. The predicted molar refractivity (Wildman–Crippen MR) is 110 cm³/mol. The van der Waals surface area contributed by atoms with Gasteiger partial charge in [0, 0.05) is 17.7 Å². The molecule has 0 N–H and O–H groups in total. The average Bonchev–Trinajstić information content (AvgIpc) is 2.68. The van der Waals surface area contributed by atoms with Crippen LogP contribution in [0.5, 0.6) is 0 Å². The minimum absolute atomic E-state index is 0.826. The lowest BCUT2D eigenvalue weighted by molar-refractivity contribution is 0.474. The molecule has 0 aliphatic rings. The van der Waals surface area contributed by atoms with Crippen molar-refractivity contribution in [1.82, 2.24) is 0 Å². The first kappa shape index (κ1) is 14.8. The Kier molecular flexibility index (Phi) is 3.45. The molecule has 0 aliphatic heterocycles. The van der Waals surface area contributed by atoms with Gasteiger partial charge in [-0.25, -0.2) is 0 Å². The molecule has 1 unspecified atom stereocenters. The van der Waals surface area contributed by atoms with Crippen LogP contribution < -0.4 is 10.6 Å². The fourth-order valence-corrected chi connectivity index (χ4v) is 5.55. The lowest BCUT2D eigenvalue weighted by Gasteiger charge is -2.20. The Morgan fingerprint density at radius 2 is 1.24 bits per heavy atom. The second kappa shape index (κ2) is 5.81. The first-order valence-electron chi connectivity index (χ1n) is 8.42. The van der Waals surface area contributed by atoms with Crippen molar-refractivity contribution in [2.75, 3.05) is 7.11 Å². The van der Waals surface area contributed by atoms with Crippen LogP contribution in [0.4, 0.5) is 0 Å². The average molecular weight is 340 g/mol. The molecule has 0 radical (unpaired) electrons. The van der Waals surface area contributed by atoms with Crippen molar-refractivity contribution in [2.45, 2.75) is 0 Å². The molecular weight excluding hydrogens is 323 g/mol. The zero-order chi connectivity index (χ0) is 16.8. The van der Waals surface area contributed by atoms with Gasteiger partial charge in [0.1, 0.15) is 0 Å². The van der Waals surface area contributed by atoms with Crippen LogP contribution in [0, 0.1) is 0 Å². The van der Waals surface area contributed by atoms with Gasteiger partial charge in [0.15, 0.2) is 0 Å². The smallest absolute Gasteiger partial charge is 0.0919 e. The van der Waals surface area contributed by atoms with Crippen LogP contribution in [0.2, 0.25) is 0 Å². The summed E-state index contributed by atoms with van der Waals surface area (Å²) in [5.74, 6) is 0. The largest absolute Gasteiger partial charge is 0.353 e. The standard InChI is InChI=1S/C23H17OP/c1-24-25(19-8-3-2-4-9-19)21-15-13-18-11-10-16-6-5-7-17-12-14-20(21)23(18)22(16)17/h2-15H,1H3. The molecule has 2 heteroatoms. The topological polar surface area (TPSA) is 9.23 Å². The van der Waals surface area contributed by atoms with Crippen LogP contribution >= 0.6 is 8.15 Å². The van der Waals surface area contributed by atoms with E-state index in [9.17, 15) is 0 Å². The van der Waals surface area contributed by atoms with Gasteiger partial charge in [0.05, 0.1) is 8.15 Å². The van der Waals surface area contributed by atoms with E-state index in [1.54, 1.807) is 0 Å². The number of benzene rings is 5. The highest BCUT2D eigenvalue weighted by Crippen LogP contribution is 2.40. The molecule has 120 valence electrons. The second-order valence-corrected chi connectivity index (χ2v) is 8.21. The molecule has 5 rings (SSSR count). The number of hydrogen-bond acceptors (Lipinski definition) is 1. The van der Waals surface area contributed by atoms with Crippen LogP contribution in [0.3, 0.4) is 0 Å². The minimum atomic E-state index is -0.826. The van der Waals surface area contributed by atoms with Crippen molar-refractivity contribution < 1.29 is 4.52 Å². The summed E-state index contributed by atoms with van der Waals surface area (Å²) in [6, 6.07) is 30.5. The fraction of sp³-hybridized carbons (Fsp3) is 0.0435. The molecule has 5 aromatic rings. The zero-order valence-electron chi connectivity index (χ0n) is 13.9. The highest BCUT2D eigenvalue weighted by molar-refractivity contribution is 7.69. The number of rotatable bonds is 3. The van der Waals surface area contributed by atoms with E-state index in [2.05, 4.69) is 84.9 Å². The lowest BCUT2D eigenvalue weighted by Crippen LogP contribution is -2.13. The Hall–Kier alpha value is -2.47. The van der Waals surface area contributed by atoms with Crippen LogP contribution in [-0.4, -0.2) is 7.11 Å². The Bertz CT molecular complexity index is 1160. The zero-order valence-corrected chi connectivity index (χ0v) is 14.8. The van der Waals surface area contributed by atoms with Gasteiger partial charge in [-0.15, -0.1) is 0 Å². The quantitative estimate of drug-likeness (QED) is 0.308. The van der Waals surface area contributed by atoms with Gasteiger partial charge in [0.2, 0.25) is 0 Å². The third-order valence-electron chi connectivity index (χ3n) is 4.90. The second-order valence-electron chi connectivity index (χ2n) is 6.25. The molecular formula is C23H17OP. The van der Waals surface area contributed by atoms with Gasteiger partial charge in [-0.2, -0.15) is 0 Å². The molecule has 0 aromatic heterocycles. The molecule has 1 nitrogen and oxygen atoms in total. The van der Waals surface area contributed by atoms with Gasteiger partial charge < -0.3 is 4.52 Å². The highest BCUT2D eigenvalue weighted by atomic mass is 31.1. The Labute approximate surface area is 148 Å². The summed E-state index contributed by atoms with van der Waals surface area (Å²) in [5, 5.41) is 10.4. The minimum Gasteiger partial charge on any atom is -0.353 e. The van der Waals surface area contributed by atoms with Crippen LogP contribution in [0.15, 0.2) is 84.9 Å². The molecule has 1 atom stereocenters. The van der Waals surface area contributed by atoms with E-state index in [0.29, 0.717) is 0 Å². The van der Waals surface area contributed by atoms with Crippen LogP contribution in [-0.2, 0) is 4.52 Å². The van der Waals surface area contributed by atoms with E-state index in [-0.39, 0.29) is 0 Å². The molecule has 5 aromatic carbocycles. The monoisotopic (exact) mass is 340 g/mol. The van der Waals surface area contributed by atoms with E-state index in [1.807, 2.05) is 7.11 Å². The fourth-order valence-electron chi connectivity index (χ4n) is 3.80. The molecule has 0 fully saturated rings. The summed E-state index contributed by atoms with van der Waals surface area (Å²) in [6.45, 7) is 0. The molecule has 0 saturated carbocycles. The van der Waals surface area contributed by atoms with Crippen LogP contribution in [0.25, 0.3) is 32.3 Å². The maximum absolute atomic E-state index is 5.98. The third kappa shape index (κ3) is 2.24. The summed E-state index contributed by atoms with van der Waals surface area (Å²) in [7, 11) is 0.990. The van der Waals surface area contributed by atoms with E-state index < -0.39 is 8.15 Å². The Balaban J connectivity index is 1.87. The van der Waals surface area contributed by atoms with Crippen molar-refractivity contribution in [2.24, 2.45) is 0 Å². The summed E-state index contributed by atoms with van der Waals surface area (Å²) >= 11 is 0. The van der Waals surface area contributed by atoms with E-state index in [0.717, 1.165) is 0 Å². The molecule has 0 saturated heterocycles. The highest BCUT2D eigenvalue weighted by Gasteiger charge is 2.18. The molecule has 0 aliphatic carbocycles. The SMILES string of the molecule is COP(c1ccccc1)c1ccc2ccc3cccc4ccc1c2c34. The third-order valence-corrected chi connectivity index (χ3v) is 6.86. The Morgan fingerprint density at radius 3 is 1.96 bits per heavy atom. The van der Waals surface area contributed by atoms with Crippen molar-refractivity contribution in [3.63, 3.8) is 0 Å². The van der Waals surface area contributed by atoms with Crippen molar-refractivity contribution in [3.8, 4) is 0 Å². The van der Waals surface area contributed by atoms with E-state index in [1.165, 1.54) is 42.9 Å². The van der Waals surface area contributed by atoms with Gasteiger partial charge in [-0.1, -0.05) is 84.9 Å². The first-order valence-corrected chi connectivity index (χ1v) is 9.68. The predicted octanol–water partition coefficient (Wildman–Crippen LogP) is 5.58. The summed E-state index contributed by atoms with van der Waals surface area (Å²) in [6.07, 6.45) is 0. The van der Waals surface area contributed by atoms with Crippen LogP contribution in [0.1, 0.15) is 0 Å². The van der Waals surface area contributed by atoms with E-state index in [4.69, 9.17) is 4.52 Å². The number of hydrogen-bond donors (Lipinski definition) is 0. The van der Waals surface area contributed by atoms with Gasteiger partial charge in [-0.3, -0.25) is 0 Å². The lowest BCUT2D eigenvalue weighted by atomic mass is 9.94. The first-order chi connectivity index (χ1) is 12.4. The van der Waals surface area contributed by atoms with Gasteiger partial charge in [0.25, 0.3) is 0 Å². The maximum atomic E-state index is 5.98. The Morgan fingerprint density at radius 1 is 0.600 bits per heavy atom. The summed E-state index contributed by atoms with van der Waals surface area (Å²) < 4.78 is 5.98. The molecule has 0 spiro atoms. The summed E-state index contributed by atoms with van der Waals surface area (Å²) in [4.78, 5) is 0. The van der Waals surface area contributed by atoms with Gasteiger partial charge in [-0.05, 0) is 32.3 Å². The van der Waals surface area contributed by atoms with Gasteiger partial charge >= 0.3 is 0 Å². The molecule has 25 heavy (non-hydrogen) atoms. The maximum Gasteiger partial charge on any atom is 0.0919 e. The molecule has 0 heterocycles. The van der Waals surface area contributed by atoms with Crippen molar-refractivity contribution in [1.29, 1.82) is 0 Å². The van der Waals surface area contributed by atoms with Crippen molar-refractivity contribution >= 4 is 51.1 Å². The normalized spacial score (nSPS) is 13.0.